The Morgan fingerprint density at radius 3 is 3.07 bits per heavy atom. The normalized spacial score (nSPS) is 12.8. The third kappa shape index (κ3) is 2.68. The van der Waals surface area contributed by atoms with Gasteiger partial charge in [-0.1, -0.05) is 5.92 Å². The highest BCUT2D eigenvalue weighted by molar-refractivity contribution is 5.68. The number of carboxylic acid groups (broad SMARTS) is 1. The molecule has 1 aromatic rings. The van der Waals surface area contributed by atoms with E-state index < -0.39 is 35.5 Å². The van der Waals surface area contributed by atoms with Gasteiger partial charge in [0.2, 0.25) is 0 Å². The summed E-state index contributed by atoms with van der Waals surface area (Å²) in [5.41, 5.74) is -0.587. The van der Waals surface area contributed by atoms with E-state index in [0.717, 1.165) is 0 Å². The van der Waals surface area contributed by atoms with Crippen LogP contribution in [0.5, 0.6) is 5.75 Å². The molecular weight excluding hydrogens is 206 g/mol. The Kier molecular flexibility index (Phi) is 2.13. The first-order valence-electron chi connectivity index (χ1n) is 5.12. The van der Waals surface area contributed by atoms with E-state index in [1.54, 1.807) is 6.40 Å². The van der Waals surface area contributed by atoms with E-state index in [0.29, 0.717) is 12.1 Å². The van der Waals surface area contributed by atoms with Crippen LogP contribution in [-0.2, 0) is 4.79 Å². The number of hydrogen-bond acceptors (Lipinski definition) is 2. The summed E-state index contributed by atoms with van der Waals surface area (Å²) < 4.78 is 51.2. The van der Waals surface area contributed by atoms with Crippen molar-refractivity contribution in [2.75, 3.05) is 6.56 Å². The van der Waals surface area contributed by atoms with Crippen molar-refractivity contribution in [2.45, 2.75) is 0 Å². The van der Waals surface area contributed by atoms with E-state index in [2.05, 4.69) is 4.74 Å². The van der Waals surface area contributed by atoms with Gasteiger partial charge in [-0.15, -0.1) is 6.40 Å². The van der Waals surface area contributed by atoms with E-state index in [9.17, 15) is 13.6 Å². The minimum atomic E-state index is -3.17. The number of benzene rings is 1. The van der Waals surface area contributed by atoms with E-state index in [-0.39, 0.29) is 0 Å². The number of ether oxygens (including phenoxy) is 1. The van der Waals surface area contributed by atoms with E-state index in [1.165, 1.54) is 0 Å². The Bertz CT molecular complexity index is 549. The zero-order valence-electron chi connectivity index (χ0n) is 10.2. The Morgan fingerprint density at radius 2 is 2.47 bits per heavy atom. The third-order valence-electron chi connectivity index (χ3n) is 1.39. The predicted molar refractivity (Wildman–Crippen MR) is 47.4 cm³/mol. The van der Waals surface area contributed by atoms with Gasteiger partial charge in [-0.25, -0.2) is 13.6 Å². The average Bonchev–Trinajstić information content (AvgIpc) is 2.22. The molecule has 1 aromatic carbocycles. The van der Waals surface area contributed by atoms with Gasteiger partial charge in [0.1, 0.15) is 24.3 Å². The fourth-order valence-electron chi connectivity index (χ4n) is 0.850. The minimum absolute atomic E-state index is 0.461. The molecule has 0 saturated carbocycles. The summed E-state index contributed by atoms with van der Waals surface area (Å²) in [6.07, 6.45) is 1.59. The Labute approximate surface area is 88.5 Å². The summed E-state index contributed by atoms with van der Waals surface area (Å²) in [5.74, 6) is -3.02. The number of terminal acetylenes is 1. The monoisotopic (exact) mass is 215 g/mol. The molecule has 0 fully saturated rings. The molecule has 78 valence electrons. The lowest BCUT2D eigenvalue weighted by Gasteiger charge is -2.06. The summed E-state index contributed by atoms with van der Waals surface area (Å²) in [7, 11) is 0. The van der Waals surface area contributed by atoms with Crippen LogP contribution in [0.4, 0.5) is 8.78 Å². The van der Waals surface area contributed by atoms with Crippen molar-refractivity contribution in [3.05, 3.63) is 29.3 Å². The molecule has 0 aliphatic rings. The van der Waals surface area contributed by atoms with Gasteiger partial charge in [-0.3, -0.25) is 0 Å². The zero-order valence-corrected chi connectivity index (χ0v) is 7.17. The highest BCUT2D eigenvalue weighted by atomic mass is 19.1. The molecule has 1 N–H and O–H groups in total. The topological polar surface area (TPSA) is 46.5 Å². The highest BCUT2D eigenvalue weighted by Gasteiger charge is 2.11. The van der Waals surface area contributed by atoms with Gasteiger partial charge < -0.3 is 9.84 Å². The van der Waals surface area contributed by atoms with Crippen LogP contribution in [0.1, 0.15) is 9.68 Å². The first-order valence-corrected chi connectivity index (χ1v) is 3.62. The summed E-state index contributed by atoms with van der Waals surface area (Å²) >= 11 is 0. The molecule has 3 nitrogen and oxygen atoms in total. The van der Waals surface area contributed by atoms with Crippen molar-refractivity contribution in [1.29, 1.82) is 0 Å². The molecule has 5 heteroatoms. The Hall–Kier alpha value is -2.09. The minimum Gasteiger partial charge on any atom is -0.480 e. The summed E-state index contributed by atoms with van der Waals surface area (Å²) in [6.45, 7) is -3.17. The van der Waals surface area contributed by atoms with Crippen LogP contribution in [0.15, 0.2) is 12.1 Å². The molecule has 0 unspecified atom stereocenters. The molecule has 15 heavy (non-hydrogen) atoms. The average molecular weight is 215 g/mol. The molecule has 0 spiro atoms. The van der Waals surface area contributed by atoms with Gasteiger partial charge >= 0.3 is 5.97 Å². The maximum atomic E-state index is 13.3. The molecule has 0 amide bonds. The van der Waals surface area contributed by atoms with Crippen LogP contribution < -0.4 is 4.74 Å². The van der Waals surface area contributed by atoms with E-state index >= 15 is 0 Å². The first-order chi connectivity index (χ1) is 8.27. The van der Waals surface area contributed by atoms with Crippen molar-refractivity contribution in [1.82, 2.24) is 0 Å². The van der Waals surface area contributed by atoms with Gasteiger partial charge in [0.15, 0.2) is 6.56 Å². The number of carboxylic acids is 1. The van der Waals surface area contributed by atoms with Crippen LogP contribution in [-0.4, -0.2) is 17.6 Å². The number of hydrogen-bond donors (Lipinski definition) is 1. The van der Waals surface area contributed by atoms with Crippen molar-refractivity contribution in [2.24, 2.45) is 0 Å². The van der Waals surface area contributed by atoms with Crippen LogP contribution >= 0.6 is 0 Å². The number of aliphatic carboxylic acids is 1. The standard InChI is InChI=1S/C10H6F2O3/c1-2-7-8(12)3-6(11)4-9(7)15-5-10(13)14/h1,3-4H,5H2,(H,13,14)/i1D,5D2. The van der Waals surface area contributed by atoms with E-state index in [4.69, 9.17) is 9.22 Å². The smallest absolute Gasteiger partial charge is 0.341 e. The quantitative estimate of drug-likeness (QED) is 0.775. The second-order valence-corrected chi connectivity index (χ2v) is 2.40. The van der Waals surface area contributed by atoms with Crippen LogP contribution in [0.3, 0.4) is 0 Å². The van der Waals surface area contributed by atoms with Gasteiger partial charge in [-0.05, 0) is 0 Å². The SMILES string of the molecule is [2H]C#Cc1c(F)cc(F)cc1OC([2H])([2H])C(=O)O. The highest BCUT2D eigenvalue weighted by Crippen LogP contribution is 2.22. The van der Waals surface area contributed by atoms with Gasteiger partial charge in [0.05, 0.1) is 2.74 Å². The van der Waals surface area contributed by atoms with Gasteiger partial charge in [-0.2, -0.15) is 0 Å². The van der Waals surface area contributed by atoms with Crippen molar-refractivity contribution >= 4 is 5.97 Å². The maximum Gasteiger partial charge on any atom is 0.341 e. The second kappa shape index (κ2) is 4.42. The van der Waals surface area contributed by atoms with Crippen LogP contribution in [0.25, 0.3) is 0 Å². The molecule has 0 atom stereocenters. The van der Waals surface area contributed by atoms with Gasteiger partial charge in [0, 0.05) is 12.1 Å². The molecule has 0 aliphatic carbocycles. The molecule has 0 heterocycles. The summed E-state index contributed by atoms with van der Waals surface area (Å²) in [4.78, 5) is 10.5. The third-order valence-corrected chi connectivity index (χ3v) is 1.39. The molecule has 0 radical (unpaired) electrons. The fourth-order valence-corrected chi connectivity index (χ4v) is 0.850. The molecular formula is C10H6F2O3. The summed E-state index contributed by atoms with van der Waals surface area (Å²) in [6, 6.07) is 1.05. The lowest BCUT2D eigenvalue weighted by atomic mass is 10.2. The summed E-state index contributed by atoms with van der Waals surface area (Å²) in [5, 5.41) is 8.50. The number of halogens is 2. The first kappa shape index (κ1) is 7.23. The molecule has 1 rings (SSSR count). The predicted octanol–water partition coefficient (Wildman–Crippen LogP) is 1.41. The largest absolute Gasteiger partial charge is 0.480 e. The fraction of sp³-hybridized carbons (Fsp3) is 0.100. The van der Waals surface area contributed by atoms with Crippen molar-refractivity contribution in [3.8, 4) is 18.1 Å². The van der Waals surface area contributed by atoms with Crippen LogP contribution in [0.2, 0.25) is 0 Å². The van der Waals surface area contributed by atoms with Crippen LogP contribution in [0, 0.1) is 24.0 Å². The lowest BCUT2D eigenvalue weighted by Crippen LogP contribution is -2.10. The molecule has 0 bridgehead atoms. The number of rotatable bonds is 3. The zero-order chi connectivity index (χ0) is 13.9. The number of carbonyl (C=O) groups is 1. The molecule has 0 aromatic heterocycles. The molecule has 0 saturated heterocycles. The van der Waals surface area contributed by atoms with Crippen molar-refractivity contribution in [3.63, 3.8) is 0 Å². The maximum absolute atomic E-state index is 13.3. The van der Waals surface area contributed by atoms with Crippen molar-refractivity contribution < 1.29 is 27.5 Å². The Morgan fingerprint density at radius 1 is 1.73 bits per heavy atom. The van der Waals surface area contributed by atoms with Gasteiger partial charge in [0.25, 0.3) is 0 Å². The Balaban J connectivity index is 3.30. The molecule has 0 aliphatic heterocycles. The van der Waals surface area contributed by atoms with E-state index in [1.807, 2.05) is 5.92 Å². The lowest BCUT2D eigenvalue weighted by molar-refractivity contribution is -0.139. The second-order valence-electron chi connectivity index (χ2n) is 2.40.